The summed E-state index contributed by atoms with van der Waals surface area (Å²) in [6, 6.07) is 9.35. The van der Waals surface area contributed by atoms with Crippen molar-refractivity contribution in [2.24, 2.45) is 0 Å². The van der Waals surface area contributed by atoms with Gasteiger partial charge < -0.3 is 10.6 Å². The first-order valence-corrected chi connectivity index (χ1v) is 7.43. The molecule has 3 rings (SSSR count). The van der Waals surface area contributed by atoms with Crippen molar-refractivity contribution in [3.8, 4) is 0 Å². The fraction of sp³-hybridized carbons (Fsp3) is 0.188. The van der Waals surface area contributed by atoms with Gasteiger partial charge in [0, 0.05) is 17.6 Å². The van der Waals surface area contributed by atoms with Gasteiger partial charge in [-0.25, -0.2) is 9.97 Å². The molecule has 8 nitrogen and oxygen atoms in total. The van der Waals surface area contributed by atoms with Crippen LogP contribution in [0.15, 0.2) is 42.9 Å². The average molecular weight is 324 g/mol. The second-order valence-electron chi connectivity index (χ2n) is 5.48. The second-order valence-corrected chi connectivity index (χ2v) is 5.48. The Kier molecular flexibility index (Phi) is 4.19. The molecule has 1 aromatic carbocycles. The molecule has 3 aromatic rings. The molecule has 122 valence electrons. The zero-order valence-corrected chi connectivity index (χ0v) is 13.2. The lowest BCUT2D eigenvalue weighted by atomic mass is 10.2. The first-order valence-electron chi connectivity index (χ1n) is 7.43. The number of nitrogens with zero attached hydrogens (tertiary/aromatic N) is 4. The van der Waals surface area contributed by atoms with E-state index in [1.54, 1.807) is 12.3 Å². The number of hydrogen-bond acceptors (Lipinski definition) is 7. The Morgan fingerprint density at radius 3 is 2.58 bits per heavy atom. The number of pyridine rings is 1. The maximum absolute atomic E-state index is 11.5. The lowest BCUT2D eigenvalue weighted by Gasteiger charge is -2.12. The average Bonchev–Trinajstić information content (AvgIpc) is 2.54. The Labute approximate surface area is 138 Å². The van der Waals surface area contributed by atoms with Crippen molar-refractivity contribution in [2.45, 2.75) is 19.9 Å². The van der Waals surface area contributed by atoms with Gasteiger partial charge in [-0.2, -0.15) is 0 Å². The molecule has 0 unspecified atom stereocenters. The number of hydrogen-bond donors (Lipinski definition) is 2. The molecule has 24 heavy (non-hydrogen) atoms. The number of rotatable bonds is 5. The molecule has 0 saturated carbocycles. The third-order valence-corrected chi connectivity index (χ3v) is 3.32. The zero-order valence-electron chi connectivity index (χ0n) is 13.2. The van der Waals surface area contributed by atoms with E-state index in [0.29, 0.717) is 11.2 Å². The third kappa shape index (κ3) is 3.07. The molecule has 2 heterocycles. The van der Waals surface area contributed by atoms with Gasteiger partial charge in [-0.15, -0.1) is 0 Å². The van der Waals surface area contributed by atoms with Gasteiger partial charge in [0.05, 0.1) is 16.1 Å². The minimum Gasteiger partial charge on any atom is -0.362 e. The quantitative estimate of drug-likeness (QED) is 0.546. The standard InChI is InChI=1S/C16H16N6O2/c1-10(2)20-15-14(22(23)24)16(19-9-18-15)21-12-7-3-5-11-6-4-8-17-13(11)12/h3-10H,1-2H3,(H2,18,19,20,21). The van der Waals surface area contributed by atoms with Crippen LogP contribution in [0, 0.1) is 10.1 Å². The van der Waals surface area contributed by atoms with E-state index in [2.05, 4.69) is 25.6 Å². The van der Waals surface area contributed by atoms with Crippen molar-refractivity contribution in [3.05, 3.63) is 53.0 Å². The van der Waals surface area contributed by atoms with Crippen LogP contribution in [-0.2, 0) is 0 Å². The topological polar surface area (TPSA) is 106 Å². The van der Waals surface area contributed by atoms with Crippen molar-refractivity contribution in [3.63, 3.8) is 0 Å². The summed E-state index contributed by atoms with van der Waals surface area (Å²) in [4.78, 5) is 23.4. The lowest BCUT2D eigenvalue weighted by molar-refractivity contribution is -0.383. The molecule has 0 saturated heterocycles. The van der Waals surface area contributed by atoms with E-state index < -0.39 is 4.92 Å². The molecule has 8 heteroatoms. The van der Waals surface area contributed by atoms with Gasteiger partial charge in [0.2, 0.25) is 11.6 Å². The predicted octanol–water partition coefficient (Wildman–Crippen LogP) is 3.50. The van der Waals surface area contributed by atoms with Crippen molar-refractivity contribution in [2.75, 3.05) is 10.6 Å². The first kappa shape index (κ1) is 15.6. The molecule has 2 N–H and O–H groups in total. The molecule has 0 atom stereocenters. The molecule has 0 fully saturated rings. The van der Waals surface area contributed by atoms with Crippen LogP contribution in [0.3, 0.4) is 0 Å². The Hall–Kier alpha value is -3.29. The number of nitro groups is 1. The molecular formula is C16H16N6O2. The number of anilines is 3. The maximum Gasteiger partial charge on any atom is 0.353 e. The molecule has 0 aliphatic carbocycles. The molecule has 0 bridgehead atoms. The summed E-state index contributed by atoms with van der Waals surface area (Å²) in [6.07, 6.45) is 2.96. The Morgan fingerprint density at radius 2 is 1.83 bits per heavy atom. The van der Waals surface area contributed by atoms with E-state index >= 15 is 0 Å². The highest BCUT2D eigenvalue weighted by Gasteiger charge is 2.24. The Balaban J connectivity index is 2.07. The van der Waals surface area contributed by atoms with Crippen LogP contribution in [0.5, 0.6) is 0 Å². The lowest BCUT2D eigenvalue weighted by Crippen LogP contribution is -2.14. The second kappa shape index (κ2) is 6.45. The van der Waals surface area contributed by atoms with Crippen molar-refractivity contribution < 1.29 is 4.92 Å². The predicted molar refractivity (Wildman–Crippen MR) is 92.5 cm³/mol. The van der Waals surface area contributed by atoms with E-state index in [1.807, 2.05) is 38.1 Å². The molecule has 0 aliphatic rings. The van der Waals surface area contributed by atoms with E-state index in [-0.39, 0.29) is 23.4 Å². The van der Waals surface area contributed by atoms with Gasteiger partial charge in [-0.1, -0.05) is 18.2 Å². The largest absolute Gasteiger partial charge is 0.362 e. The Bertz CT molecular complexity index is 891. The van der Waals surface area contributed by atoms with Crippen molar-refractivity contribution in [1.29, 1.82) is 0 Å². The van der Waals surface area contributed by atoms with Crippen LogP contribution in [0.25, 0.3) is 10.9 Å². The highest BCUT2D eigenvalue weighted by Crippen LogP contribution is 2.33. The van der Waals surface area contributed by atoms with Crippen LogP contribution >= 0.6 is 0 Å². The van der Waals surface area contributed by atoms with Crippen LogP contribution in [0.4, 0.5) is 23.0 Å². The van der Waals surface area contributed by atoms with Gasteiger partial charge in [-0.3, -0.25) is 15.1 Å². The fourth-order valence-electron chi connectivity index (χ4n) is 2.35. The summed E-state index contributed by atoms with van der Waals surface area (Å²) in [5, 5.41) is 18.4. The minimum atomic E-state index is -0.494. The highest BCUT2D eigenvalue weighted by molar-refractivity contribution is 5.92. The van der Waals surface area contributed by atoms with Crippen LogP contribution in [-0.4, -0.2) is 25.9 Å². The van der Waals surface area contributed by atoms with Gasteiger partial charge in [0.1, 0.15) is 6.33 Å². The SMILES string of the molecule is CC(C)Nc1ncnc(Nc2cccc3cccnc23)c1[N+](=O)[O-]. The van der Waals surface area contributed by atoms with E-state index in [9.17, 15) is 10.1 Å². The molecule has 0 aliphatic heterocycles. The van der Waals surface area contributed by atoms with Crippen LogP contribution < -0.4 is 10.6 Å². The Morgan fingerprint density at radius 1 is 1.08 bits per heavy atom. The normalized spacial score (nSPS) is 10.8. The fourth-order valence-corrected chi connectivity index (χ4v) is 2.35. The molecular weight excluding hydrogens is 308 g/mol. The first-order chi connectivity index (χ1) is 11.6. The zero-order chi connectivity index (χ0) is 17.1. The minimum absolute atomic E-state index is 0.00525. The summed E-state index contributed by atoms with van der Waals surface area (Å²) < 4.78 is 0. The smallest absolute Gasteiger partial charge is 0.353 e. The molecule has 2 aromatic heterocycles. The van der Waals surface area contributed by atoms with Gasteiger partial charge >= 0.3 is 5.69 Å². The summed E-state index contributed by atoms with van der Waals surface area (Å²) in [5.74, 6) is 0.303. The number of aromatic nitrogens is 3. The molecule has 0 radical (unpaired) electrons. The number of para-hydroxylation sites is 1. The number of benzene rings is 1. The summed E-state index contributed by atoms with van der Waals surface area (Å²) in [7, 11) is 0. The maximum atomic E-state index is 11.5. The van der Waals surface area contributed by atoms with Crippen molar-refractivity contribution in [1.82, 2.24) is 15.0 Å². The number of nitrogens with one attached hydrogen (secondary N) is 2. The van der Waals surface area contributed by atoms with E-state index in [4.69, 9.17) is 0 Å². The van der Waals surface area contributed by atoms with Crippen LogP contribution in [0.1, 0.15) is 13.8 Å². The third-order valence-electron chi connectivity index (χ3n) is 3.32. The molecule has 0 spiro atoms. The van der Waals surface area contributed by atoms with E-state index in [1.165, 1.54) is 6.33 Å². The van der Waals surface area contributed by atoms with Gasteiger partial charge in [0.15, 0.2) is 0 Å². The van der Waals surface area contributed by atoms with Gasteiger partial charge in [-0.05, 0) is 26.0 Å². The van der Waals surface area contributed by atoms with E-state index in [0.717, 1.165) is 5.39 Å². The highest BCUT2D eigenvalue weighted by atomic mass is 16.6. The van der Waals surface area contributed by atoms with Crippen LogP contribution in [0.2, 0.25) is 0 Å². The molecule has 0 amide bonds. The summed E-state index contributed by atoms with van der Waals surface area (Å²) in [6.45, 7) is 3.77. The monoisotopic (exact) mass is 324 g/mol. The summed E-state index contributed by atoms with van der Waals surface area (Å²) >= 11 is 0. The number of fused-ring (bicyclic) bond motifs is 1. The van der Waals surface area contributed by atoms with Crippen molar-refractivity contribution >= 4 is 33.9 Å². The summed E-state index contributed by atoms with van der Waals surface area (Å²) in [5.41, 5.74) is 1.16. The van der Waals surface area contributed by atoms with Gasteiger partial charge in [0.25, 0.3) is 0 Å².